The third-order valence-electron chi connectivity index (χ3n) is 12.7. The highest BCUT2D eigenvalue weighted by atomic mass is 35.5. The van der Waals surface area contributed by atoms with Crippen molar-refractivity contribution in [2.24, 2.45) is 36.1 Å². The Labute approximate surface area is 337 Å². The first-order chi connectivity index (χ1) is 27.3. The molecule has 11 nitrogen and oxygen atoms in total. The number of hydrogen-bond donors (Lipinski definition) is 1. The Balaban J connectivity index is 1.18. The van der Waals surface area contributed by atoms with E-state index in [0.717, 1.165) is 31.7 Å². The molecule has 2 aromatic heterocycles. The molecular weight excluding hydrogens is 764 g/mol. The number of nitrogens with zero attached hydrogens (tertiary/aromatic N) is 4. The van der Waals surface area contributed by atoms with Gasteiger partial charge in [-0.15, -0.1) is 11.3 Å². The number of aryl methyl sites for hydroxylation is 2. The van der Waals surface area contributed by atoms with E-state index < -0.39 is 46.8 Å². The number of amides is 4. The molecule has 0 spiro atoms. The summed E-state index contributed by atoms with van der Waals surface area (Å²) in [4.78, 5) is 62.5. The Morgan fingerprint density at radius 2 is 1.65 bits per heavy atom. The molecule has 2 aliphatic carbocycles. The number of methoxy groups -OCH3 is 2. The number of allylic oxidation sites excluding steroid dienone is 2. The normalized spacial score (nSPS) is 25.4. The zero-order valence-electron chi connectivity index (χ0n) is 31.9. The van der Waals surface area contributed by atoms with Crippen molar-refractivity contribution < 1.29 is 33.8 Å². The highest BCUT2D eigenvalue weighted by Gasteiger charge is 2.68. The van der Waals surface area contributed by atoms with E-state index in [0.29, 0.717) is 27.8 Å². The van der Waals surface area contributed by atoms with E-state index in [1.807, 2.05) is 31.2 Å². The summed E-state index contributed by atoms with van der Waals surface area (Å²) in [6.45, 7) is 7.60. The van der Waals surface area contributed by atoms with Crippen LogP contribution < -0.4 is 19.3 Å². The van der Waals surface area contributed by atoms with Crippen LogP contribution in [0.3, 0.4) is 0 Å². The van der Waals surface area contributed by atoms with Gasteiger partial charge in [-0.1, -0.05) is 48.0 Å². The molecule has 0 unspecified atom stereocenters. The quantitative estimate of drug-likeness (QED) is 0.129. The van der Waals surface area contributed by atoms with E-state index in [1.54, 1.807) is 66.4 Å². The minimum absolute atomic E-state index is 0.106. The van der Waals surface area contributed by atoms with Gasteiger partial charge in [0.05, 0.1) is 48.0 Å². The molecule has 9 rings (SSSR count). The molecule has 6 atom stereocenters. The molecule has 57 heavy (non-hydrogen) atoms. The van der Waals surface area contributed by atoms with Gasteiger partial charge >= 0.3 is 0 Å². The van der Waals surface area contributed by atoms with Gasteiger partial charge in [-0.3, -0.25) is 28.8 Å². The maximum absolute atomic E-state index is 15.3. The minimum atomic E-state index is -1.40. The van der Waals surface area contributed by atoms with Crippen molar-refractivity contribution in [2.75, 3.05) is 24.0 Å². The number of ether oxygens (including phenoxy) is 2. The van der Waals surface area contributed by atoms with Gasteiger partial charge in [-0.05, 0) is 79.5 Å². The first-order valence-electron chi connectivity index (χ1n) is 18.7. The van der Waals surface area contributed by atoms with E-state index >= 15 is 9.59 Å². The van der Waals surface area contributed by atoms with Crippen molar-refractivity contribution in [3.05, 3.63) is 101 Å². The predicted octanol–water partition coefficient (Wildman–Crippen LogP) is 8.06. The van der Waals surface area contributed by atoms with Crippen LogP contribution in [0.1, 0.15) is 42.4 Å². The Morgan fingerprint density at radius 1 is 0.947 bits per heavy atom. The second-order valence-corrected chi connectivity index (χ2v) is 16.9. The topological polar surface area (TPSA) is 131 Å². The average molecular weight is 803 g/mol. The number of fused-ring (bicyclic) bond motifs is 5. The van der Waals surface area contributed by atoms with Crippen LogP contribution in [0, 0.1) is 36.0 Å². The molecule has 4 heterocycles. The fourth-order valence-electron chi connectivity index (χ4n) is 9.98. The monoisotopic (exact) mass is 802 g/mol. The van der Waals surface area contributed by atoms with Crippen molar-refractivity contribution in [2.45, 2.75) is 32.6 Å². The summed E-state index contributed by atoms with van der Waals surface area (Å²) >= 11 is 7.89. The van der Waals surface area contributed by atoms with E-state index in [1.165, 1.54) is 36.2 Å². The SMILES string of the molecule is C=Cc1ccc(N2C(=O)[C@H]3[C@H](CC=C4[C@H]3C[C@H]3C(=O)N(c5cc(-c6sc7ccc(Cl)cc7c6C)nn5C)C(=O)[C@@]3(C)[C@H]4c3c(OC)cc(O)cc3OC)C2=O)cc1. The number of carbonyl (C=O) groups is 4. The summed E-state index contributed by atoms with van der Waals surface area (Å²) in [5, 5.41) is 17.1. The maximum Gasteiger partial charge on any atom is 0.242 e. The summed E-state index contributed by atoms with van der Waals surface area (Å²) in [6, 6.07) is 17.5. The fraction of sp³-hybridized carbons (Fsp3) is 0.295. The van der Waals surface area contributed by atoms with Crippen LogP contribution in [0.5, 0.6) is 17.2 Å². The van der Waals surface area contributed by atoms with Crippen molar-refractivity contribution in [3.8, 4) is 27.8 Å². The third kappa shape index (κ3) is 5.19. The number of hydrogen-bond acceptors (Lipinski definition) is 9. The smallest absolute Gasteiger partial charge is 0.242 e. The van der Waals surface area contributed by atoms with Crippen molar-refractivity contribution in [3.63, 3.8) is 0 Å². The molecular formula is C44H39ClN4O7S. The van der Waals surface area contributed by atoms with Crippen LogP contribution in [0.2, 0.25) is 5.02 Å². The number of halogens is 1. The summed E-state index contributed by atoms with van der Waals surface area (Å²) in [5.41, 5.74) is 2.75. The van der Waals surface area contributed by atoms with E-state index in [9.17, 15) is 14.7 Å². The number of phenols is 1. The lowest BCUT2D eigenvalue weighted by molar-refractivity contribution is -0.131. The van der Waals surface area contributed by atoms with E-state index in [-0.39, 0.29) is 41.9 Å². The molecule has 1 saturated carbocycles. The van der Waals surface area contributed by atoms with Crippen LogP contribution in [-0.4, -0.2) is 52.7 Å². The highest BCUT2D eigenvalue weighted by molar-refractivity contribution is 7.22. The van der Waals surface area contributed by atoms with Gasteiger partial charge < -0.3 is 14.6 Å². The lowest BCUT2D eigenvalue weighted by Gasteiger charge is -2.49. The number of imide groups is 2. The van der Waals surface area contributed by atoms with Crippen LogP contribution >= 0.6 is 22.9 Å². The molecule has 3 aromatic carbocycles. The lowest BCUT2D eigenvalue weighted by atomic mass is 9.51. The number of aromatic hydroxyl groups is 1. The van der Waals surface area contributed by atoms with Gasteiger partial charge in [0.15, 0.2) is 0 Å². The summed E-state index contributed by atoms with van der Waals surface area (Å²) in [7, 11) is 4.64. The van der Waals surface area contributed by atoms with Crippen molar-refractivity contribution in [1.29, 1.82) is 0 Å². The molecule has 2 aliphatic heterocycles. The lowest BCUT2D eigenvalue weighted by Crippen LogP contribution is -2.49. The van der Waals surface area contributed by atoms with Gasteiger partial charge in [-0.2, -0.15) is 5.10 Å². The standard InChI is InChI=1S/C44H39ClN4O7S/c1-7-22-8-11-24(12-9-22)48-40(51)27-14-13-26-29(36(27)42(48)53)19-30-41(52)49(43(54)44(30,3)38(26)37-32(55-5)17-25(50)18-33(37)56-6)35-20-31(46-47(35)4)39-21(2)28-16-23(45)10-15-34(28)57-39/h7-13,15-18,20,27,29-30,36,38,50H,1,14,19H2,2-6H3/t27-,29+,30-,36-,38+,44+/m0/s1. The zero-order chi connectivity index (χ0) is 40.2. The molecule has 3 fully saturated rings. The number of carbonyl (C=O) groups excluding carboxylic acids is 4. The Kier molecular flexibility index (Phi) is 8.53. The van der Waals surface area contributed by atoms with Gasteiger partial charge in [-0.25, -0.2) is 4.90 Å². The van der Waals surface area contributed by atoms with Crippen LogP contribution in [-0.2, 0) is 26.2 Å². The number of aromatic nitrogens is 2. The number of rotatable bonds is 7. The minimum Gasteiger partial charge on any atom is -0.508 e. The molecule has 4 amide bonds. The number of anilines is 2. The third-order valence-corrected chi connectivity index (χ3v) is 14.2. The number of benzene rings is 3. The number of phenolic OH excluding ortho intramolecular Hbond substituents is 1. The largest absolute Gasteiger partial charge is 0.508 e. The van der Waals surface area contributed by atoms with Gasteiger partial charge in [0, 0.05) is 46.5 Å². The Bertz CT molecular complexity index is 2600. The van der Waals surface area contributed by atoms with Crippen molar-refractivity contribution in [1.82, 2.24) is 9.78 Å². The summed E-state index contributed by atoms with van der Waals surface area (Å²) in [5.74, 6) is -4.51. The molecule has 290 valence electrons. The van der Waals surface area contributed by atoms with Gasteiger partial charge in [0.2, 0.25) is 23.6 Å². The first-order valence-corrected chi connectivity index (χ1v) is 19.9. The molecule has 0 bridgehead atoms. The van der Waals surface area contributed by atoms with Crippen LogP contribution in [0.25, 0.3) is 26.7 Å². The van der Waals surface area contributed by atoms with Crippen LogP contribution in [0.4, 0.5) is 11.5 Å². The molecule has 4 aliphatic rings. The number of thiophene rings is 1. The molecule has 5 aromatic rings. The second kappa shape index (κ2) is 13.2. The molecule has 13 heteroatoms. The predicted molar refractivity (Wildman–Crippen MR) is 219 cm³/mol. The van der Waals surface area contributed by atoms with Gasteiger partial charge in [0.25, 0.3) is 0 Å². The van der Waals surface area contributed by atoms with Crippen molar-refractivity contribution >= 4 is 74.2 Å². The zero-order valence-corrected chi connectivity index (χ0v) is 33.5. The summed E-state index contributed by atoms with van der Waals surface area (Å²) in [6.07, 6.45) is 4.08. The first kappa shape index (κ1) is 36.9. The molecule has 0 radical (unpaired) electrons. The maximum atomic E-state index is 15.3. The fourth-order valence-corrected chi connectivity index (χ4v) is 11.3. The Morgan fingerprint density at radius 3 is 2.32 bits per heavy atom. The molecule has 1 N–H and O–H groups in total. The summed E-state index contributed by atoms with van der Waals surface area (Å²) < 4.78 is 14.3. The second-order valence-electron chi connectivity index (χ2n) is 15.4. The van der Waals surface area contributed by atoms with Gasteiger partial charge in [0.1, 0.15) is 28.8 Å². The van der Waals surface area contributed by atoms with E-state index in [2.05, 4.69) is 6.58 Å². The van der Waals surface area contributed by atoms with Crippen LogP contribution in [0.15, 0.2) is 78.9 Å². The Hall–Kier alpha value is -5.72. The van der Waals surface area contributed by atoms with E-state index in [4.69, 9.17) is 26.2 Å². The average Bonchev–Trinajstić information content (AvgIpc) is 3.87. The highest BCUT2D eigenvalue weighted by Crippen LogP contribution is 2.66. The molecule has 2 saturated heterocycles.